The first-order chi connectivity index (χ1) is 11.2. The lowest BCUT2D eigenvalue weighted by molar-refractivity contribution is 0.111. The van der Waals surface area contributed by atoms with Gasteiger partial charge in [-0.15, -0.1) is 12.4 Å². The summed E-state index contributed by atoms with van der Waals surface area (Å²) in [7, 11) is 1.61. The second-order valence-corrected chi connectivity index (χ2v) is 5.15. The number of rotatable bonds is 9. The van der Waals surface area contributed by atoms with E-state index in [1.54, 1.807) is 19.2 Å². The van der Waals surface area contributed by atoms with Gasteiger partial charge in [-0.25, -0.2) is 0 Å². The zero-order chi connectivity index (χ0) is 16.5. The molecule has 0 spiro atoms. The Morgan fingerprint density at radius 1 is 1.00 bits per heavy atom. The summed E-state index contributed by atoms with van der Waals surface area (Å²) < 4.78 is 10.7. The third kappa shape index (κ3) is 6.28. The number of hydrogen-bond acceptors (Lipinski definition) is 5. The standard InChI is InChI=1S/C18H23NO4.ClH/c1-22-17-7-9-18(10-8-17)23-14-16(21)13-19(11-12-20)15-5-3-2-4-6-15;/h2-10,16,20-21H,11-14H2,1H3;1H. The number of hydrogen-bond donors (Lipinski definition) is 2. The van der Waals surface area contributed by atoms with Crippen molar-refractivity contribution in [3.05, 3.63) is 54.6 Å². The van der Waals surface area contributed by atoms with Crippen molar-refractivity contribution in [3.63, 3.8) is 0 Å². The molecule has 1 atom stereocenters. The number of methoxy groups -OCH3 is 1. The molecule has 0 amide bonds. The topological polar surface area (TPSA) is 62.2 Å². The van der Waals surface area contributed by atoms with Crippen molar-refractivity contribution in [2.24, 2.45) is 0 Å². The lowest BCUT2D eigenvalue weighted by Gasteiger charge is -2.26. The maximum Gasteiger partial charge on any atom is 0.119 e. The van der Waals surface area contributed by atoms with Crippen LogP contribution < -0.4 is 14.4 Å². The lowest BCUT2D eigenvalue weighted by atomic mass is 10.2. The fourth-order valence-corrected chi connectivity index (χ4v) is 2.26. The van der Waals surface area contributed by atoms with Crippen molar-refractivity contribution in [2.45, 2.75) is 6.10 Å². The fourth-order valence-electron chi connectivity index (χ4n) is 2.26. The van der Waals surface area contributed by atoms with E-state index in [4.69, 9.17) is 9.47 Å². The number of ether oxygens (including phenoxy) is 2. The minimum absolute atomic E-state index is 0. The molecule has 24 heavy (non-hydrogen) atoms. The fraction of sp³-hybridized carbons (Fsp3) is 0.333. The molecule has 0 bridgehead atoms. The minimum Gasteiger partial charge on any atom is -0.497 e. The summed E-state index contributed by atoms with van der Waals surface area (Å²) in [6, 6.07) is 16.9. The van der Waals surface area contributed by atoms with E-state index < -0.39 is 6.10 Å². The highest BCUT2D eigenvalue weighted by atomic mass is 35.5. The van der Waals surface area contributed by atoms with Crippen molar-refractivity contribution >= 4 is 18.1 Å². The SMILES string of the molecule is COc1ccc(OCC(O)CN(CCO)c2ccccc2)cc1.Cl. The number of para-hydroxylation sites is 1. The monoisotopic (exact) mass is 353 g/mol. The van der Waals surface area contributed by atoms with E-state index in [9.17, 15) is 10.2 Å². The maximum absolute atomic E-state index is 10.2. The van der Waals surface area contributed by atoms with Crippen LogP contribution in [-0.2, 0) is 0 Å². The summed E-state index contributed by atoms with van der Waals surface area (Å²) >= 11 is 0. The number of nitrogens with zero attached hydrogens (tertiary/aromatic N) is 1. The first kappa shape index (κ1) is 20.1. The van der Waals surface area contributed by atoms with Crippen LogP contribution in [0.25, 0.3) is 0 Å². The molecule has 0 fully saturated rings. The molecule has 2 aromatic carbocycles. The van der Waals surface area contributed by atoms with Gasteiger partial charge in [0.25, 0.3) is 0 Å². The largest absolute Gasteiger partial charge is 0.497 e. The first-order valence-corrected chi connectivity index (χ1v) is 7.58. The molecule has 0 aromatic heterocycles. The molecular weight excluding hydrogens is 330 g/mol. The summed E-state index contributed by atoms with van der Waals surface area (Å²) in [6.45, 7) is 1.06. The Balaban J connectivity index is 0.00000288. The zero-order valence-corrected chi connectivity index (χ0v) is 14.5. The highest BCUT2D eigenvalue weighted by Gasteiger charge is 2.13. The predicted octanol–water partition coefficient (Wildman–Crippen LogP) is 2.36. The van der Waals surface area contributed by atoms with Crippen LogP contribution in [0, 0.1) is 0 Å². The molecule has 0 aliphatic rings. The molecule has 0 saturated heterocycles. The maximum atomic E-state index is 10.2. The van der Waals surface area contributed by atoms with E-state index >= 15 is 0 Å². The van der Waals surface area contributed by atoms with Gasteiger partial charge in [0.05, 0.1) is 13.7 Å². The predicted molar refractivity (Wildman–Crippen MR) is 97.5 cm³/mol. The molecular formula is C18H24ClNO4. The average molecular weight is 354 g/mol. The number of anilines is 1. The Labute approximate surface area is 148 Å². The van der Waals surface area contributed by atoms with Crippen LogP contribution in [0.5, 0.6) is 11.5 Å². The number of aliphatic hydroxyl groups is 2. The van der Waals surface area contributed by atoms with Gasteiger partial charge in [-0.05, 0) is 36.4 Å². The molecule has 0 aliphatic carbocycles. The van der Waals surface area contributed by atoms with Crippen LogP contribution in [0.3, 0.4) is 0 Å². The van der Waals surface area contributed by atoms with Crippen molar-refractivity contribution in [3.8, 4) is 11.5 Å². The third-order valence-electron chi connectivity index (χ3n) is 3.42. The van der Waals surface area contributed by atoms with Crippen molar-refractivity contribution < 1.29 is 19.7 Å². The Hall–Kier alpha value is -1.95. The average Bonchev–Trinajstić information content (AvgIpc) is 2.61. The van der Waals surface area contributed by atoms with Crippen molar-refractivity contribution in [1.82, 2.24) is 0 Å². The second-order valence-electron chi connectivity index (χ2n) is 5.15. The Kier molecular flexibility index (Phi) is 9.01. The van der Waals surface area contributed by atoms with Gasteiger partial charge in [-0.1, -0.05) is 18.2 Å². The summed E-state index contributed by atoms with van der Waals surface area (Å²) in [6.07, 6.45) is -0.663. The number of aliphatic hydroxyl groups excluding tert-OH is 2. The highest BCUT2D eigenvalue weighted by molar-refractivity contribution is 5.85. The van der Waals surface area contributed by atoms with E-state index in [-0.39, 0.29) is 25.6 Å². The minimum atomic E-state index is -0.663. The van der Waals surface area contributed by atoms with Gasteiger partial charge < -0.3 is 24.6 Å². The summed E-state index contributed by atoms with van der Waals surface area (Å²) in [5.41, 5.74) is 0.963. The Bertz CT molecular complexity index is 565. The van der Waals surface area contributed by atoms with E-state index in [2.05, 4.69) is 0 Å². The quantitative estimate of drug-likeness (QED) is 0.724. The molecule has 5 nitrogen and oxygen atoms in total. The molecule has 0 radical (unpaired) electrons. The van der Waals surface area contributed by atoms with Gasteiger partial charge in [-0.2, -0.15) is 0 Å². The zero-order valence-electron chi connectivity index (χ0n) is 13.7. The van der Waals surface area contributed by atoms with Crippen molar-refractivity contribution in [1.29, 1.82) is 0 Å². The lowest BCUT2D eigenvalue weighted by Crippen LogP contribution is -2.37. The van der Waals surface area contributed by atoms with Crippen LogP contribution in [0.4, 0.5) is 5.69 Å². The van der Waals surface area contributed by atoms with Gasteiger partial charge >= 0.3 is 0 Å². The van der Waals surface area contributed by atoms with E-state index in [1.807, 2.05) is 47.4 Å². The van der Waals surface area contributed by atoms with Crippen molar-refractivity contribution in [2.75, 3.05) is 38.3 Å². The molecule has 2 aromatic rings. The normalized spacial score (nSPS) is 11.3. The van der Waals surface area contributed by atoms with Gasteiger partial charge in [0.15, 0.2) is 0 Å². The highest BCUT2D eigenvalue weighted by Crippen LogP contribution is 2.18. The van der Waals surface area contributed by atoms with Crippen LogP contribution in [-0.4, -0.2) is 49.7 Å². The number of halogens is 1. The molecule has 132 valence electrons. The second kappa shape index (κ2) is 10.8. The third-order valence-corrected chi connectivity index (χ3v) is 3.42. The van der Waals surface area contributed by atoms with E-state index in [0.29, 0.717) is 18.8 Å². The molecule has 0 heterocycles. The Morgan fingerprint density at radius 3 is 2.21 bits per heavy atom. The van der Waals surface area contributed by atoms with Crippen LogP contribution in [0.2, 0.25) is 0 Å². The summed E-state index contributed by atoms with van der Waals surface area (Å²) in [5, 5.41) is 19.4. The summed E-state index contributed by atoms with van der Waals surface area (Å²) in [4.78, 5) is 1.93. The molecule has 6 heteroatoms. The molecule has 0 aliphatic heterocycles. The van der Waals surface area contributed by atoms with Gasteiger partial charge in [0, 0.05) is 18.8 Å². The molecule has 2 rings (SSSR count). The van der Waals surface area contributed by atoms with E-state index in [0.717, 1.165) is 11.4 Å². The van der Waals surface area contributed by atoms with Crippen LogP contribution in [0.15, 0.2) is 54.6 Å². The number of benzene rings is 2. The van der Waals surface area contributed by atoms with Crippen LogP contribution >= 0.6 is 12.4 Å². The van der Waals surface area contributed by atoms with Gasteiger partial charge in [0.1, 0.15) is 24.2 Å². The summed E-state index contributed by atoms with van der Waals surface area (Å²) in [5.74, 6) is 1.44. The van der Waals surface area contributed by atoms with Gasteiger partial charge in [0.2, 0.25) is 0 Å². The first-order valence-electron chi connectivity index (χ1n) is 7.58. The van der Waals surface area contributed by atoms with Gasteiger partial charge in [-0.3, -0.25) is 0 Å². The molecule has 2 N–H and O–H groups in total. The molecule has 1 unspecified atom stereocenters. The smallest absolute Gasteiger partial charge is 0.119 e. The van der Waals surface area contributed by atoms with Crippen LogP contribution in [0.1, 0.15) is 0 Å². The van der Waals surface area contributed by atoms with E-state index in [1.165, 1.54) is 0 Å². The molecule has 0 saturated carbocycles. The Morgan fingerprint density at radius 2 is 1.62 bits per heavy atom.